The predicted octanol–water partition coefficient (Wildman–Crippen LogP) is 6.15. The van der Waals surface area contributed by atoms with Gasteiger partial charge in [0, 0.05) is 17.6 Å². The van der Waals surface area contributed by atoms with E-state index in [-0.39, 0.29) is 29.9 Å². The van der Waals surface area contributed by atoms with E-state index < -0.39 is 5.92 Å². The third-order valence-corrected chi connectivity index (χ3v) is 8.29. The van der Waals surface area contributed by atoms with Crippen molar-refractivity contribution in [1.29, 1.82) is 0 Å². The van der Waals surface area contributed by atoms with Gasteiger partial charge in [0.2, 0.25) is 5.91 Å². The van der Waals surface area contributed by atoms with Gasteiger partial charge in [0.1, 0.15) is 5.75 Å². The van der Waals surface area contributed by atoms with Crippen molar-refractivity contribution in [2.75, 3.05) is 7.11 Å². The highest BCUT2D eigenvalue weighted by molar-refractivity contribution is 6.01. The van der Waals surface area contributed by atoms with E-state index in [0.29, 0.717) is 5.56 Å². The molecule has 1 N–H and O–H groups in total. The smallest absolute Gasteiger partial charge is 0.254 e. The topological polar surface area (TPSA) is 58.6 Å². The van der Waals surface area contributed by atoms with Crippen LogP contribution in [0.4, 0.5) is 0 Å². The lowest BCUT2D eigenvalue weighted by molar-refractivity contribution is -0.125. The minimum absolute atomic E-state index is 0.0541. The summed E-state index contributed by atoms with van der Waals surface area (Å²) in [6.07, 6.45) is 12.4. The molecule has 35 heavy (non-hydrogen) atoms. The van der Waals surface area contributed by atoms with Crippen LogP contribution in [-0.4, -0.2) is 35.9 Å². The Bertz CT molecular complexity index is 1020. The molecule has 5 rings (SSSR count). The molecule has 2 aromatic rings. The van der Waals surface area contributed by atoms with E-state index in [1.165, 1.54) is 32.1 Å². The molecular weight excluding hydrogens is 436 g/mol. The van der Waals surface area contributed by atoms with Crippen LogP contribution in [0.3, 0.4) is 0 Å². The molecule has 186 valence electrons. The van der Waals surface area contributed by atoms with Gasteiger partial charge < -0.3 is 15.0 Å². The molecule has 5 heteroatoms. The number of amides is 2. The lowest BCUT2D eigenvalue weighted by Crippen LogP contribution is -2.52. The van der Waals surface area contributed by atoms with Crippen molar-refractivity contribution in [1.82, 2.24) is 10.2 Å². The average molecular weight is 475 g/mol. The van der Waals surface area contributed by atoms with Gasteiger partial charge in [-0.1, -0.05) is 75.3 Å². The largest absolute Gasteiger partial charge is 0.497 e. The molecule has 0 bridgehead atoms. The van der Waals surface area contributed by atoms with Crippen LogP contribution >= 0.6 is 0 Å². The summed E-state index contributed by atoms with van der Waals surface area (Å²) in [6, 6.07) is 15.8. The lowest BCUT2D eigenvalue weighted by Gasteiger charge is -2.47. The lowest BCUT2D eigenvalue weighted by atomic mass is 9.77. The molecule has 2 atom stereocenters. The summed E-state index contributed by atoms with van der Waals surface area (Å²) in [7, 11) is 1.66. The highest BCUT2D eigenvalue weighted by Crippen LogP contribution is 2.46. The second-order valence-corrected chi connectivity index (χ2v) is 10.5. The molecular formula is C30H38N2O3. The van der Waals surface area contributed by atoms with E-state index in [2.05, 4.69) is 10.2 Å². The van der Waals surface area contributed by atoms with E-state index in [9.17, 15) is 9.59 Å². The summed E-state index contributed by atoms with van der Waals surface area (Å²) in [6.45, 7) is 0. The number of nitrogens with one attached hydrogen (secondary N) is 1. The minimum atomic E-state index is -0.428. The average Bonchev–Trinajstić information content (AvgIpc) is 3.17. The van der Waals surface area contributed by atoms with Gasteiger partial charge in [-0.15, -0.1) is 0 Å². The van der Waals surface area contributed by atoms with Gasteiger partial charge in [0.15, 0.2) is 0 Å². The molecule has 2 aromatic carbocycles. The Hall–Kier alpha value is -2.82. The van der Waals surface area contributed by atoms with Crippen molar-refractivity contribution < 1.29 is 14.3 Å². The Morgan fingerprint density at radius 1 is 0.857 bits per heavy atom. The van der Waals surface area contributed by atoms with Crippen molar-refractivity contribution in [2.45, 2.75) is 94.7 Å². The number of hydrogen-bond donors (Lipinski definition) is 1. The number of hydrogen-bond acceptors (Lipinski definition) is 3. The van der Waals surface area contributed by atoms with Gasteiger partial charge >= 0.3 is 0 Å². The fraction of sp³-hybridized carbons (Fsp3) is 0.533. The first-order valence-corrected chi connectivity index (χ1v) is 13.5. The quantitative estimate of drug-likeness (QED) is 0.529. The molecule has 5 nitrogen and oxygen atoms in total. The Balaban J connectivity index is 1.58. The molecule has 1 aliphatic heterocycles. The van der Waals surface area contributed by atoms with E-state index >= 15 is 0 Å². The summed E-state index contributed by atoms with van der Waals surface area (Å²) < 4.78 is 5.40. The number of methoxy groups -OCH3 is 1. The molecule has 3 aliphatic rings. The molecule has 2 saturated carbocycles. The molecule has 2 amide bonds. The Kier molecular flexibility index (Phi) is 7.40. The molecule has 2 fully saturated rings. The second kappa shape index (κ2) is 10.8. The predicted molar refractivity (Wildman–Crippen MR) is 138 cm³/mol. The van der Waals surface area contributed by atoms with Gasteiger partial charge in [-0.3, -0.25) is 9.59 Å². The third-order valence-electron chi connectivity index (χ3n) is 8.29. The Morgan fingerprint density at radius 2 is 1.49 bits per heavy atom. The molecule has 0 radical (unpaired) electrons. The van der Waals surface area contributed by atoms with Crippen LogP contribution in [0.25, 0.3) is 0 Å². The Morgan fingerprint density at radius 3 is 2.17 bits per heavy atom. The fourth-order valence-corrected chi connectivity index (χ4v) is 6.46. The molecule has 1 heterocycles. The molecule has 0 unspecified atom stereocenters. The maximum Gasteiger partial charge on any atom is 0.254 e. The normalized spacial score (nSPS) is 23.9. The van der Waals surface area contributed by atoms with E-state index in [1.807, 2.05) is 48.5 Å². The second-order valence-electron chi connectivity index (χ2n) is 10.5. The maximum atomic E-state index is 14.1. The van der Waals surface area contributed by atoms with E-state index in [4.69, 9.17) is 4.74 Å². The first-order valence-electron chi connectivity index (χ1n) is 13.5. The molecule has 2 aliphatic carbocycles. The number of ether oxygens (including phenoxy) is 1. The maximum absolute atomic E-state index is 14.1. The van der Waals surface area contributed by atoms with Gasteiger partial charge in [0.05, 0.1) is 19.1 Å². The van der Waals surface area contributed by atoms with Crippen LogP contribution < -0.4 is 10.1 Å². The van der Waals surface area contributed by atoms with Gasteiger partial charge in [-0.25, -0.2) is 0 Å². The highest BCUT2D eigenvalue weighted by Gasteiger charge is 2.46. The fourth-order valence-electron chi connectivity index (χ4n) is 6.46. The first kappa shape index (κ1) is 23.9. The number of carbonyl (C=O) groups excluding carboxylic acids is 2. The zero-order valence-electron chi connectivity index (χ0n) is 20.9. The monoisotopic (exact) mass is 474 g/mol. The van der Waals surface area contributed by atoms with Gasteiger partial charge in [-0.2, -0.15) is 0 Å². The number of rotatable bonds is 5. The van der Waals surface area contributed by atoms with Crippen molar-refractivity contribution >= 4 is 11.8 Å². The summed E-state index contributed by atoms with van der Waals surface area (Å²) in [5, 5.41) is 3.43. The van der Waals surface area contributed by atoms with Crippen LogP contribution in [0.1, 0.15) is 104 Å². The van der Waals surface area contributed by atoms with Gasteiger partial charge in [0.25, 0.3) is 5.91 Å². The molecule has 0 spiro atoms. The van der Waals surface area contributed by atoms with Crippen LogP contribution in [-0.2, 0) is 4.79 Å². The van der Waals surface area contributed by atoms with E-state index in [0.717, 1.165) is 55.4 Å². The van der Waals surface area contributed by atoms with E-state index in [1.54, 1.807) is 7.11 Å². The van der Waals surface area contributed by atoms with Gasteiger partial charge in [-0.05, 0) is 55.0 Å². The number of carbonyl (C=O) groups is 2. The molecule has 0 saturated heterocycles. The summed E-state index contributed by atoms with van der Waals surface area (Å²) in [5.74, 6) is 0.466. The van der Waals surface area contributed by atoms with Crippen LogP contribution in [0.2, 0.25) is 0 Å². The standard InChI is InChI=1S/C30H38N2O3/c1-35-24-19-17-21(18-20-24)28-27(29(33)31-22-11-5-2-3-6-12-22)25-15-9-10-16-26(25)30(34)32(28)23-13-7-4-8-14-23/h9-10,15-20,22-23,27-28H,2-8,11-14H2,1H3,(H,31,33)/t27-,28+/m1/s1. The third kappa shape index (κ3) is 4.96. The van der Waals surface area contributed by atoms with Crippen molar-refractivity contribution in [3.05, 3.63) is 65.2 Å². The summed E-state index contributed by atoms with van der Waals surface area (Å²) >= 11 is 0. The van der Waals surface area contributed by atoms with Crippen LogP contribution in [0, 0.1) is 0 Å². The van der Waals surface area contributed by atoms with Crippen molar-refractivity contribution in [3.63, 3.8) is 0 Å². The van der Waals surface area contributed by atoms with Crippen molar-refractivity contribution in [3.8, 4) is 5.75 Å². The zero-order valence-corrected chi connectivity index (χ0v) is 20.9. The zero-order chi connectivity index (χ0) is 24.2. The minimum Gasteiger partial charge on any atom is -0.497 e. The number of fused-ring (bicyclic) bond motifs is 1. The van der Waals surface area contributed by atoms with Crippen molar-refractivity contribution in [2.24, 2.45) is 0 Å². The van der Waals surface area contributed by atoms with Crippen LogP contribution in [0.15, 0.2) is 48.5 Å². The van der Waals surface area contributed by atoms with Crippen LogP contribution in [0.5, 0.6) is 5.75 Å². The SMILES string of the molecule is COc1ccc([C@H]2[C@H](C(=O)NC3CCCCCC3)c3ccccc3C(=O)N2C2CCCCC2)cc1. The molecule has 0 aromatic heterocycles. The highest BCUT2D eigenvalue weighted by atomic mass is 16.5. The Labute approximate surface area is 209 Å². The summed E-state index contributed by atoms with van der Waals surface area (Å²) in [4.78, 5) is 30.2. The number of nitrogens with zero attached hydrogens (tertiary/aromatic N) is 1. The first-order chi connectivity index (χ1) is 17.2. The number of benzene rings is 2. The summed E-state index contributed by atoms with van der Waals surface area (Å²) in [5.41, 5.74) is 2.54.